The Morgan fingerprint density at radius 1 is 0.833 bits per heavy atom. The van der Waals surface area contributed by atoms with Gasteiger partial charge in [0.25, 0.3) is 0 Å². The number of carbonyl (C=O) groups excluding carboxylic acids is 1. The van der Waals surface area contributed by atoms with Gasteiger partial charge in [0.2, 0.25) is 5.76 Å². The summed E-state index contributed by atoms with van der Waals surface area (Å²) >= 11 is 0. The molecule has 3 heteroatoms. The van der Waals surface area contributed by atoms with Crippen molar-refractivity contribution in [3.8, 4) is 0 Å². The molecule has 0 aromatic heterocycles. The maximum Gasteiger partial charge on any atom is 0.373 e. The van der Waals surface area contributed by atoms with Gasteiger partial charge in [-0.15, -0.1) is 0 Å². The van der Waals surface area contributed by atoms with Gasteiger partial charge in [-0.05, 0) is 37.3 Å². The minimum Gasteiger partial charge on any atom is -0.487 e. The van der Waals surface area contributed by atoms with Crippen molar-refractivity contribution < 1.29 is 14.3 Å². The van der Waals surface area contributed by atoms with Crippen LogP contribution in [0.15, 0.2) is 36.1 Å². The zero-order valence-corrected chi connectivity index (χ0v) is 19.7. The third-order valence-electron chi connectivity index (χ3n) is 5.41. The molecule has 1 aromatic rings. The van der Waals surface area contributed by atoms with Crippen LogP contribution in [-0.4, -0.2) is 18.7 Å². The summed E-state index contributed by atoms with van der Waals surface area (Å²) in [6.07, 6.45) is 17.0. The van der Waals surface area contributed by atoms with Crippen LogP contribution in [0.5, 0.6) is 0 Å². The van der Waals surface area contributed by atoms with Crippen LogP contribution in [0.1, 0.15) is 110 Å². The van der Waals surface area contributed by atoms with Gasteiger partial charge in [-0.25, -0.2) is 4.79 Å². The molecule has 0 spiro atoms. The summed E-state index contributed by atoms with van der Waals surface area (Å²) in [5, 5.41) is 0. The van der Waals surface area contributed by atoms with E-state index in [4.69, 9.17) is 9.47 Å². The van der Waals surface area contributed by atoms with Crippen LogP contribution in [0.3, 0.4) is 0 Å². The molecule has 30 heavy (non-hydrogen) atoms. The molecule has 0 saturated heterocycles. The first kappa shape index (κ1) is 26.3. The lowest BCUT2D eigenvalue weighted by Crippen LogP contribution is -2.20. The fourth-order valence-electron chi connectivity index (χ4n) is 3.46. The standard InChI is InChI=1S/C27H44O3/c1-4-7-9-10-11-12-13-18-22-29-26(23-24-19-16-14-17-20-24)27(28)30-25(6-3)21-15-8-5-2/h14,16-17,19-20,23,25H,4-13,15,18,21-22H2,1-3H3. The first-order valence-electron chi connectivity index (χ1n) is 12.3. The number of carbonyl (C=O) groups is 1. The molecule has 0 fully saturated rings. The highest BCUT2D eigenvalue weighted by Gasteiger charge is 2.18. The summed E-state index contributed by atoms with van der Waals surface area (Å²) in [4.78, 5) is 12.8. The molecule has 0 aliphatic rings. The van der Waals surface area contributed by atoms with Crippen molar-refractivity contribution in [3.05, 3.63) is 41.7 Å². The van der Waals surface area contributed by atoms with Crippen LogP contribution in [0, 0.1) is 0 Å². The highest BCUT2D eigenvalue weighted by Crippen LogP contribution is 2.16. The first-order chi connectivity index (χ1) is 14.7. The van der Waals surface area contributed by atoms with Gasteiger partial charge in [-0.1, -0.05) is 109 Å². The smallest absolute Gasteiger partial charge is 0.373 e. The second-order valence-corrected chi connectivity index (χ2v) is 8.17. The molecule has 0 aliphatic carbocycles. The van der Waals surface area contributed by atoms with Gasteiger partial charge in [0.1, 0.15) is 6.10 Å². The summed E-state index contributed by atoms with van der Waals surface area (Å²) in [7, 11) is 0. The molecule has 0 N–H and O–H groups in total. The molecule has 0 aliphatic heterocycles. The molecule has 0 saturated carbocycles. The second-order valence-electron chi connectivity index (χ2n) is 8.17. The second kappa shape index (κ2) is 18.0. The zero-order chi connectivity index (χ0) is 21.9. The van der Waals surface area contributed by atoms with Gasteiger partial charge in [0.05, 0.1) is 6.61 Å². The first-order valence-corrected chi connectivity index (χ1v) is 12.3. The Kier molecular flexibility index (Phi) is 15.8. The van der Waals surface area contributed by atoms with E-state index in [0.29, 0.717) is 12.4 Å². The quantitative estimate of drug-likeness (QED) is 0.105. The van der Waals surface area contributed by atoms with Gasteiger partial charge >= 0.3 is 5.97 Å². The summed E-state index contributed by atoms with van der Waals surface area (Å²) in [5.41, 5.74) is 0.958. The molecular weight excluding hydrogens is 372 g/mol. The SMILES string of the molecule is CCCCCCCCCCOC(=Cc1ccccc1)C(=O)OC(CC)CCCCC. The third kappa shape index (κ3) is 12.7. The number of rotatable bonds is 18. The van der Waals surface area contributed by atoms with Gasteiger partial charge in [-0.2, -0.15) is 0 Å². The Labute approximate surface area is 185 Å². The Bertz CT molecular complexity index is 565. The molecule has 0 amide bonds. The summed E-state index contributed by atoms with van der Waals surface area (Å²) < 4.78 is 11.7. The molecular formula is C27H44O3. The Morgan fingerprint density at radius 2 is 1.43 bits per heavy atom. The van der Waals surface area contributed by atoms with Crippen LogP contribution < -0.4 is 0 Å². The van der Waals surface area contributed by atoms with Crippen molar-refractivity contribution in [2.24, 2.45) is 0 Å². The minimum absolute atomic E-state index is 0.0325. The van der Waals surface area contributed by atoms with Crippen molar-refractivity contribution in [2.75, 3.05) is 6.61 Å². The summed E-state index contributed by atoms with van der Waals surface area (Å²) in [6.45, 7) is 7.07. The number of ether oxygens (including phenoxy) is 2. The fourth-order valence-corrected chi connectivity index (χ4v) is 3.46. The highest BCUT2D eigenvalue weighted by atomic mass is 16.6. The number of unbranched alkanes of at least 4 members (excludes halogenated alkanes) is 9. The lowest BCUT2D eigenvalue weighted by atomic mass is 10.1. The van der Waals surface area contributed by atoms with E-state index in [-0.39, 0.29) is 12.1 Å². The van der Waals surface area contributed by atoms with Gasteiger partial charge in [-0.3, -0.25) is 0 Å². The van der Waals surface area contributed by atoms with E-state index >= 15 is 0 Å². The zero-order valence-electron chi connectivity index (χ0n) is 19.7. The third-order valence-corrected chi connectivity index (χ3v) is 5.41. The van der Waals surface area contributed by atoms with Crippen molar-refractivity contribution in [3.63, 3.8) is 0 Å². The van der Waals surface area contributed by atoms with Crippen LogP contribution in [-0.2, 0) is 14.3 Å². The van der Waals surface area contributed by atoms with Crippen molar-refractivity contribution in [1.82, 2.24) is 0 Å². The molecule has 0 radical (unpaired) electrons. The molecule has 3 nitrogen and oxygen atoms in total. The average molecular weight is 417 g/mol. The molecule has 0 heterocycles. The van der Waals surface area contributed by atoms with Crippen LogP contribution >= 0.6 is 0 Å². The summed E-state index contributed by atoms with van der Waals surface area (Å²) in [6, 6.07) is 9.86. The highest BCUT2D eigenvalue weighted by molar-refractivity contribution is 5.91. The maximum absolute atomic E-state index is 12.8. The van der Waals surface area contributed by atoms with Gasteiger partial charge < -0.3 is 9.47 Å². The largest absolute Gasteiger partial charge is 0.487 e. The van der Waals surface area contributed by atoms with E-state index in [1.54, 1.807) is 0 Å². The maximum atomic E-state index is 12.8. The van der Waals surface area contributed by atoms with Crippen molar-refractivity contribution in [2.45, 2.75) is 110 Å². The number of hydrogen-bond acceptors (Lipinski definition) is 3. The lowest BCUT2D eigenvalue weighted by molar-refractivity contribution is -0.148. The van der Waals surface area contributed by atoms with E-state index in [1.807, 2.05) is 36.4 Å². The van der Waals surface area contributed by atoms with E-state index in [1.165, 1.54) is 51.4 Å². The van der Waals surface area contributed by atoms with E-state index in [9.17, 15) is 4.79 Å². The predicted molar refractivity (Wildman–Crippen MR) is 127 cm³/mol. The fraction of sp³-hybridized carbons (Fsp3) is 0.667. The Balaban J connectivity index is 2.52. The molecule has 1 atom stereocenters. The average Bonchev–Trinajstić information content (AvgIpc) is 2.77. The molecule has 0 bridgehead atoms. The van der Waals surface area contributed by atoms with Gasteiger partial charge in [0, 0.05) is 0 Å². The lowest BCUT2D eigenvalue weighted by Gasteiger charge is -2.18. The van der Waals surface area contributed by atoms with Crippen LogP contribution in [0.2, 0.25) is 0 Å². The number of esters is 1. The molecule has 1 unspecified atom stereocenters. The van der Waals surface area contributed by atoms with Crippen molar-refractivity contribution in [1.29, 1.82) is 0 Å². The Hall–Kier alpha value is -1.77. The van der Waals surface area contributed by atoms with Crippen LogP contribution in [0.25, 0.3) is 6.08 Å². The monoisotopic (exact) mass is 416 g/mol. The van der Waals surface area contributed by atoms with E-state index in [0.717, 1.165) is 37.7 Å². The van der Waals surface area contributed by atoms with Gasteiger partial charge in [0.15, 0.2) is 0 Å². The Morgan fingerprint density at radius 3 is 2.07 bits per heavy atom. The number of benzene rings is 1. The normalized spacial score (nSPS) is 12.6. The summed E-state index contributed by atoms with van der Waals surface area (Å²) in [5.74, 6) is -0.000135. The molecule has 1 rings (SSSR count). The van der Waals surface area contributed by atoms with Crippen LogP contribution in [0.4, 0.5) is 0 Å². The number of hydrogen-bond donors (Lipinski definition) is 0. The predicted octanol–water partition coefficient (Wildman–Crippen LogP) is 8.09. The van der Waals surface area contributed by atoms with E-state index in [2.05, 4.69) is 20.8 Å². The molecule has 1 aromatic carbocycles. The topological polar surface area (TPSA) is 35.5 Å². The minimum atomic E-state index is -0.332. The molecule has 170 valence electrons. The van der Waals surface area contributed by atoms with E-state index < -0.39 is 0 Å². The van der Waals surface area contributed by atoms with Crippen molar-refractivity contribution >= 4 is 12.0 Å².